The molecule has 4 heteroatoms. The minimum absolute atomic E-state index is 0. The molecular weight excluding hydrogens is 267 g/mol. The van der Waals surface area contributed by atoms with Crippen LogP contribution in [0.25, 0.3) is 0 Å². The van der Waals surface area contributed by atoms with Gasteiger partial charge in [-0.05, 0) is 17.7 Å². The predicted octanol–water partition coefficient (Wildman–Crippen LogP) is 3.64. The van der Waals surface area contributed by atoms with E-state index in [2.05, 4.69) is 17.4 Å². The van der Waals surface area contributed by atoms with Crippen LogP contribution in [0.15, 0.2) is 60.7 Å². The van der Waals surface area contributed by atoms with Gasteiger partial charge in [-0.2, -0.15) is 0 Å². The van der Waals surface area contributed by atoms with Crippen LogP contribution in [0.3, 0.4) is 0 Å². The van der Waals surface area contributed by atoms with E-state index in [-0.39, 0.29) is 30.9 Å². The summed E-state index contributed by atoms with van der Waals surface area (Å²) in [6, 6.07) is 20.6. The molecule has 0 radical (unpaired) electrons. The first-order chi connectivity index (χ1) is 7.90. The van der Waals surface area contributed by atoms with Crippen LogP contribution >= 0.6 is 24.8 Å². The van der Waals surface area contributed by atoms with Crippen molar-refractivity contribution in [1.82, 2.24) is 0 Å². The van der Waals surface area contributed by atoms with Gasteiger partial charge in [-0.1, -0.05) is 48.5 Å². The first-order valence-corrected chi connectivity index (χ1v) is 5.47. The van der Waals surface area contributed by atoms with Crippen molar-refractivity contribution in [2.45, 2.75) is 6.04 Å². The molecular formula is C14H18Cl2N2. The highest BCUT2D eigenvalue weighted by molar-refractivity contribution is 5.85. The molecule has 0 saturated heterocycles. The lowest BCUT2D eigenvalue weighted by atomic mass is 10.1. The van der Waals surface area contributed by atoms with Crippen LogP contribution in [0, 0.1) is 0 Å². The third-order valence-electron chi connectivity index (χ3n) is 2.55. The molecule has 1 atom stereocenters. The van der Waals surface area contributed by atoms with Gasteiger partial charge < -0.3 is 11.1 Å². The first-order valence-electron chi connectivity index (χ1n) is 5.47. The zero-order valence-electron chi connectivity index (χ0n) is 9.95. The Hall–Kier alpha value is -1.22. The molecule has 0 amide bonds. The van der Waals surface area contributed by atoms with Crippen LogP contribution in [0.5, 0.6) is 0 Å². The van der Waals surface area contributed by atoms with Crippen LogP contribution in [-0.2, 0) is 0 Å². The van der Waals surface area contributed by atoms with Gasteiger partial charge >= 0.3 is 0 Å². The Morgan fingerprint density at radius 3 is 1.83 bits per heavy atom. The molecule has 0 spiro atoms. The second-order valence-corrected chi connectivity index (χ2v) is 3.71. The van der Waals surface area contributed by atoms with Crippen molar-refractivity contribution in [2.75, 3.05) is 11.9 Å². The van der Waals surface area contributed by atoms with Crippen molar-refractivity contribution in [1.29, 1.82) is 0 Å². The quantitative estimate of drug-likeness (QED) is 0.900. The maximum absolute atomic E-state index is 5.79. The lowest BCUT2D eigenvalue weighted by Crippen LogP contribution is -2.20. The van der Waals surface area contributed by atoms with Gasteiger partial charge in [0.05, 0.1) is 6.04 Å². The Morgan fingerprint density at radius 1 is 0.833 bits per heavy atom. The van der Waals surface area contributed by atoms with Gasteiger partial charge in [0.25, 0.3) is 0 Å². The fourth-order valence-corrected chi connectivity index (χ4v) is 1.70. The topological polar surface area (TPSA) is 38.0 Å². The molecule has 98 valence electrons. The Kier molecular flexibility index (Phi) is 8.21. The van der Waals surface area contributed by atoms with Crippen LogP contribution in [0.2, 0.25) is 0 Å². The van der Waals surface area contributed by atoms with E-state index < -0.39 is 0 Å². The van der Waals surface area contributed by atoms with Crippen molar-refractivity contribution in [2.24, 2.45) is 5.73 Å². The average molecular weight is 285 g/mol. The van der Waals surface area contributed by atoms with Gasteiger partial charge in [0, 0.05) is 12.2 Å². The zero-order chi connectivity index (χ0) is 11.2. The van der Waals surface area contributed by atoms with Crippen molar-refractivity contribution < 1.29 is 0 Å². The summed E-state index contributed by atoms with van der Waals surface area (Å²) >= 11 is 0. The second-order valence-electron chi connectivity index (χ2n) is 3.71. The van der Waals surface area contributed by atoms with E-state index in [0.717, 1.165) is 5.69 Å². The Balaban J connectivity index is 0.00000144. The average Bonchev–Trinajstić information content (AvgIpc) is 2.38. The SMILES string of the molecule is Cl.Cl.NC[C@@H](Nc1ccccc1)c1ccccc1. The van der Waals surface area contributed by atoms with E-state index in [4.69, 9.17) is 5.73 Å². The molecule has 0 heterocycles. The maximum Gasteiger partial charge on any atom is 0.0636 e. The molecule has 0 saturated carbocycles. The largest absolute Gasteiger partial charge is 0.377 e. The van der Waals surface area contributed by atoms with Gasteiger partial charge in [0.1, 0.15) is 0 Å². The van der Waals surface area contributed by atoms with Crippen LogP contribution in [0.4, 0.5) is 5.69 Å². The maximum atomic E-state index is 5.79. The van der Waals surface area contributed by atoms with Gasteiger partial charge in [-0.15, -0.1) is 24.8 Å². The van der Waals surface area contributed by atoms with Crippen molar-refractivity contribution in [3.05, 3.63) is 66.2 Å². The van der Waals surface area contributed by atoms with E-state index in [1.165, 1.54) is 5.56 Å². The summed E-state index contributed by atoms with van der Waals surface area (Å²) in [5.74, 6) is 0. The van der Waals surface area contributed by atoms with E-state index in [9.17, 15) is 0 Å². The molecule has 2 rings (SSSR count). The van der Waals surface area contributed by atoms with Crippen LogP contribution < -0.4 is 11.1 Å². The molecule has 18 heavy (non-hydrogen) atoms. The van der Waals surface area contributed by atoms with E-state index in [1.54, 1.807) is 0 Å². The molecule has 3 N–H and O–H groups in total. The lowest BCUT2D eigenvalue weighted by molar-refractivity contribution is 0.790. The van der Waals surface area contributed by atoms with Gasteiger partial charge in [0.2, 0.25) is 0 Å². The number of hydrogen-bond acceptors (Lipinski definition) is 2. The first kappa shape index (κ1) is 16.8. The number of nitrogens with two attached hydrogens (primary N) is 1. The highest BCUT2D eigenvalue weighted by Crippen LogP contribution is 2.17. The molecule has 0 aliphatic heterocycles. The number of para-hydroxylation sites is 1. The molecule has 0 aliphatic carbocycles. The highest BCUT2D eigenvalue weighted by Gasteiger charge is 2.07. The minimum Gasteiger partial charge on any atom is -0.377 e. The summed E-state index contributed by atoms with van der Waals surface area (Å²) in [5.41, 5.74) is 8.11. The summed E-state index contributed by atoms with van der Waals surface area (Å²) in [6.45, 7) is 0.582. The molecule has 0 unspecified atom stereocenters. The normalized spacial score (nSPS) is 10.7. The number of anilines is 1. The Bertz CT molecular complexity index is 420. The van der Waals surface area contributed by atoms with E-state index in [1.807, 2.05) is 48.5 Å². The monoisotopic (exact) mass is 284 g/mol. The summed E-state index contributed by atoms with van der Waals surface area (Å²) in [6.07, 6.45) is 0. The molecule has 0 fully saturated rings. The predicted molar refractivity (Wildman–Crippen MR) is 82.8 cm³/mol. The Morgan fingerprint density at radius 2 is 1.33 bits per heavy atom. The number of benzene rings is 2. The molecule has 2 aromatic carbocycles. The van der Waals surface area contributed by atoms with Crippen molar-refractivity contribution in [3.63, 3.8) is 0 Å². The third-order valence-corrected chi connectivity index (χ3v) is 2.55. The van der Waals surface area contributed by atoms with E-state index >= 15 is 0 Å². The number of rotatable bonds is 4. The van der Waals surface area contributed by atoms with Crippen molar-refractivity contribution in [3.8, 4) is 0 Å². The highest BCUT2D eigenvalue weighted by atomic mass is 35.5. The summed E-state index contributed by atoms with van der Waals surface area (Å²) in [7, 11) is 0. The van der Waals surface area contributed by atoms with Crippen LogP contribution in [-0.4, -0.2) is 6.54 Å². The zero-order valence-corrected chi connectivity index (χ0v) is 11.6. The minimum atomic E-state index is 0. The Labute approximate surface area is 120 Å². The lowest BCUT2D eigenvalue weighted by Gasteiger charge is -2.18. The van der Waals surface area contributed by atoms with Gasteiger partial charge in [-0.25, -0.2) is 0 Å². The van der Waals surface area contributed by atoms with Gasteiger partial charge in [0.15, 0.2) is 0 Å². The molecule has 0 bridgehead atoms. The number of hydrogen-bond donors (Lipinski definition) is 2. The number of halogens is 2. The van der Waals surface area contributed by atoms with E-state index in [0.29, 0.717) is 6.54 Å². The molecule has 0 aliphatic rings. The molecule has 0 aromatic heterocycles. The smallest absolute Gasteiger partial charge is 0.0636 e. The standard InChI is InChI=1S/C14H16N2.2ClH/c15-11-14(12-7-3-1-4-8-12)16-13-9-5-2-6-10-13;;/h1-10,14,16H,11,15H2;2*1H/t14-;;/m1../s1. The fraction of sp³-hybridized carbons (Fsp3) is 0.143. The number of nitrogens with one attached hydrogen (secondary N) is 1. The third kappa shape index (κ3) is 4.57. The summed E-state index contributed by atoms with van der Waals surface area (Å²) < 4.78 is 0. The summed E-state index contributed by atoms with van der Waals surface area (Å²) in [4.78, 5) is 0. The van der Waals surface area contributed by atoms with Crippen LogP contribution in [0.1, 0.15) is 11.6 Å². The fourth-order valence-electron chi connectivity index (χ4n) is 1.70. The molecule has 2 aromatic rings. The summed E-state index contributed by atoms with van der Waals surface area (Å²) in [5, 5.41) is 3.42. The van der Waals surface area contributed by atoms with Crippen molar-refractivity contribution >= 4 is 30.5 Å². The second kappa shape index (κ2) is 8.81. The molecule has 2 nitrogen and oxygen atoms in total. The van der Waals surface area contributed by atoms with Gasteiger partial charge in [-0.3, -0.25) is 0 Å².